The molecule has 1 heterocycles. The second-order valence-corrected chi connectivity index (χ2v) is 6.78. The van der Waals surface area contributed by atoms with Crippen molar-refractivity contribution in [1.29, 1.82) is 0 Å². The summed E-state index contributed by atoms with van der Waals surface area (Å²) in [5.74, 6) is 0.933. The van der Waals surface area contributed by atoms with Crippen molar-refractivity contribution in [3.05, 3.63) is 112 Å². The van der Waals surface area contributed by atoms with Crippen molar-refractivity contribution in [2.75, 3.05) is 0 Å². The molecule has 0 unspecified atom stereocenters. The summed E-state index contributed by atoms with van der Waals surface area (Å²) >= 11 is 5.90. The molecule has 138 valence electrons. The summed E-state index contributed by atoms with van der Waals surface area (Å²) in [6.45, 7) is 0.515. The van der Waals surface area contributed by atoms with Crippen LogP contribution >= 0.6 is 11.6 Å². The highest BCUT2D eigenvalue weighted by atomic mass is 35.5. The van der Waals surface area contributed by atoms with Crippen LogP contribution in [0.5, 0.6) is 5.75 Å². The summed E-state index contributed by atoms with van der Waals surface area (Å²) in [6.07, 6.45) is 3.54. The SMILES string of the molecule is O=C1OC(c2ccc(Cl)cc2)=C/C1=C\c1ccc(OCc2ccccc2)cc1. The van der Waals surface area contributed by atoms with Gasteiger partial charge in [-0.05, 0) is 59.7 Å². The van der Waals surface area contributed by atoms with Gasteiger partial charge < -0.3 is 9.47 Å². The monoisotopic (exact) mass is 388 g/mol. The fourth-order valence-electron chi connectivity index (χ4n) is 2.83. The molecule has 0 bridgehead atoms. The number of hydrogen-bond donors (Lipinski definition) is 0. The minimum Gasteiger partial charge on any atom is -0.489 e. The van der Waals surface area contributed by atoms with Crippen LogP contribution in [0, 0.1) is 0 Å². The molecule has 0 aromatic heterocycles. The molecule has 0 spiro atoms. The first-order valence-corrected chi connectivity index (χ1v) is 9.23. The summed E-state index contributed by atoms with van der Waals surface area (Å²) in [5.41, 5.74) is 3.32. The van der Waals surface area contributed by atoms with E-state index in [0.717, 1.165) is 22.4 Å². The predicted octanol–water partition coefficient (Wildman–Crippen LogP) is 5.90. The number of hydrogen-bond acceptors (Lipinski definition) is 3. The van der Waals surface area contributed by atoms with Crippen LogP contribution < -0.4 is 4.74 Å². The van der Waals surface area contributed by atoms with E-state index < -0.39 is 0 Å². The Morgan fingerprint density at radius 1 is 0.893 bits per heavy atom. The number of ether oxygens (including phenoxy) is 2. The Labute approximate surface area is 168 Å². The molecular weight excluding hydrogens is 372 g/mol. The molecule has 0 radical (unpaired) electrons. The third kappa shape index (κ3) is 4.33. The predicted molar refractivity (Wildman–Crippen MR) is 111 cm³/mol. The van der Waals surface area contributed by atoms with Crippen molar-refractivity contribution >= 4 is 29.4 Å². The number of benzene rings is 3. The molecule has 3 nitrogen and oxygen atoms in total. The van der Waals surface area contributed by atoms with E-state index in [1.54, 1.807) is 24.3 Å². The van der Waals surface area contributed by atoms with Crippen molar-refractivity contribution in [2.24, 2.45) is 0 Å². The van der Waals surface area contributed by atoms with Gasteiger partial charge in [-0.25, -0.2) is 4.79 Å². The zero-order valence-corrected chi connectivity index (χ0v) is 15.7. The van der Waals surface area contributed by atoms with Crippen LogP contribution in [0.25, 0.3) is 11.8 Å². The Morgan fingerprint density at radius 2 is 1.61 bits per heavy atom. The van der Waals surface area contributed by atoms with Gasteiger partial charge in [0.2, 0.25) is 0 Å². The molecule has 0 atom stereocenters. The molecule has 4 heteroatoms. The standard InChI is InChI=1S/C24H17ClO3/c25-21-10-8-19(9-11-21)23-15-20(24(26)28-23)14-17-6-12-22(13-7-17)27-16-18-4-2-1-3-5-18/h1-15H,16H2/b20-14+. The lowest BCUT2D eigenvalue weighted by molar-refractivity contribution is -0.130. The highest BCUT2D eigenvalue weighted by Gasteiger charge is 2.21. The molecule has 4 rings (SSSR count). The van der Waals surface area contributed by atoms with E-state index in [4.69, 9.17) is 21.1 Å². The molecule has 0 amide bonds. The molecule has 1 aliphatic rings. The summed E-state index contributed by atoms with van der Waals surface area (Å²) in [4.78, 5) is 12.2. The smallest absolute Gasteiger partial charge is 0.343 e. The zero-order chi connectivity index (χ0) is 19.3. The van der Waals surface area contributed by atoms with Gasteiger partial charge in [0.05, 0.1) is 5.57 Å². The summed E-state index contributed by atoms with van der Waals surface area (Å²) in [7, 11) is 0. The van der Waals surface area contributed by atoms with E-state index in [1.807, 2.05) is 66.7 Å². The number of carbonyl (C=O) groups excluding carboxylic acids is 1. The normalized spacial score (nSPS) is 14.7. The maximum absolute atomic E-state index is 12.2. The van der Waals surface area contributed by atoms with E-state index in [-0.39, 0.29) is 5.97 Å². The highest BCUT2D eigenvalue weighted by molar-refractivity contribution is 6.30. The Hall–Kier alpha value is -3.30. The fourth-order valence-corrected chi connectivity index (χ4v) is 2.95. The van der Waals surface area contributed by atoms with Crippen LogP contribution in [0.15, 0.2) is 90.5 Å². The van der Waals surface area contributed by atoms with Crippen LogP contribution in [0.3, 0.4) is 0 Å². The molecule has 0 saturated carbocycles. The Bertz CT molecular complexity index is 1030. The van der Waals surface area contributed by atoms with Gasteiger partial charge in [-0.1, -0.05) is 54.1 Å². The number of esters is 1. The maximum Gasteiger partial charge on any atom is 0.343 e. The van der Waals surface area contributed by atoms with Crippen LogP contribution in [0.1, 0.15) is 16.7 Å². The minimum absolute atomic E-state index is 0.366. The molecular formula is C24H17ClO3. The Morgan fingerprint density at radius 3 is 2.32 bits per heavy atom. The number of rotatable bonds is 5. The fraction of sp³-hybridized carbons (Fsp3) is 0.0417. The number of carbonyl (C=O) groups is 1. The van der Waals surface area contributed by atoms with Gasteiger partial charge in [-0.15, -0.1) is 0 Å². The average molecular weight is 389 g/mol. The van der Waals surface area contributed by atoms with Crippen LogP contribution in [-0.2, 0) is 16.1 Å². The van der Waals surface area contributed by atoms with E-state index in [0.29, 0.717) is 23.0 Å². The first-order valence-electron chi connectivity index (χ1n) is 8.86. The van der Waals surface area contributed by atoms with E-state index in [2.05, 4.69) is 0 Å². The molecule has 0 N–H and O–H groups in total. The Kier molecular flexibility index (Phi) is 5.27. The second kappa shape index (κ2) is 8.15. The minimum atomic E-state index is -0.366. The number of halogens is 1. The highest BCUT2D eigenvalue weighted by Crippen LogP contribution is 2.28. The summed E-state index contributed by atoms with van der Waals surface area (Å²) < 4.78 is 11.2. The lowest BCUT2D eigenvalue weighted by atomic mass is 10.1. The largest absolute Gasteiger partial charge is 0.489 e. The average Bonchev–Trinajstić information content (AvgIpc) is 3.09. The van der Waals surface area contributed by atoms with Crippen molar-refractivity contribution in [1.82, 2.24) is 0 Å². The van der Waals surface area contributed by atoms with E-state index >= 15 is 0 Å². The van der Waals surface area contributed by atoms with Gasteiger partial charge in [0.15, 0.2) is 0 Å². The Balaban J connectivity index is 1.46. The molecule has 3 aromatic rings. The number of cyclic esters (lactones) is 1. The second-order valence-electron chi connectivity index (χ2n) is 6.35. The lowest BCUT2D eigenvalue weighted by Crippen LogP contribution is -1.97. The molecule has 3 aromatic carbocycles. The van der Waals surface area contributed by atoms with Crippen molar-refractivity contribution in [3.8, 4) is 5.75 Å². The van der Waals surface area contributed by atoms with Crippen LogP contribution in [0.2, 0.25) is 5.02 Å². The summed E-state index contributed by atoms with van der Waals surface area (Å²) in [5, 5.41) is 0.638. The van der Waals surface area contributed by atoms with Gasteiger partial charge in [-0.2, -0.15) is 0 Å². The first-order chi connectivity index (χ1) is 13.7. The van der Waals surface area contributed by atoms with E-state index in [9.17, 15) is 4.79 Å². The molecule has 0 fully saturated rings. The molecule has 28 heavy (non-hydrogen) atoms. The van der Waals surface area contributed by atoms with E-state index in [1.165, 1.54) is 0 Å². The quantitative estimate of drug-likeness (QED) is 0.403. The zero-order valence-electron chi connectivity index (χ0n) is 15.0. The summed E-state index contributed by atoms with van der Waals surface area (Å²) in [6, 6.07) is 24.8. The van der Waals surface area contributed by atoms with Gasteiger partial charge in [0, 0.05) is 10.6 Å². The van der Waals surface area contributed by atoms with Gasteiger partial charge in [0.1, 0.15) is 18.1 Å². The molecule has 0 saturated heterocycles. The van der Waals surface area contributed by atoms with Crippen molar-refractivity contribution < 1.29 is 14.3 Å². The molecule has 0 aliphatic carbocycles. The third-order valence-electron chi connectivity index (χ3n) is 4.30. The first kappa shape index (κ1) is 18.1. The van der Waals surface area contributed by atoms with Gasteiger partial charge in [-0.3, -0.25) is 0 Å². The third-order valence-corrected chi connectivity index (χ3v) is 4.56. The van der Waals surface area contributed by atoms with Crippen molar-refractivity contribution in [2.45, 2.75) is 6.61 Å². The van der Waals surface area contributed by atoms with Crippen LogP contribution in [0.4, 0.5) is 0 Å². The van der Waals surface area contributed by atoms with Gasteiger partial charge in [0.25, 0.3) is 0 Å². The maximum atomic E-state index is 12.2. The van der Waals surface area contributed by atoms with Crippen LogP contribution in [-0.4, -0.2) is 5.97 Å². The molecule has 1 aliphatic heterocycles. The lowest BCUT2D eigenvalue weighted by Gasteiger charge is -2.06. The van der Waals surface area contributed by atoms with Gasteiger partial charge >= 0.3 is 5.97 Å². The topological polar surface area (TPSA) is 35.5 Å². The van der Waals surface area contributed by atoms with Crippen molar-refractivity contribution in [3.63, 3.8) is 0 Å².